The highest BCUT2D eigenvalue weighted by molar-refractivity contribution is 7.90. The third-order valence-electron chi connectivity index (χ3n) is 2.80. The lowest BCUT2D eigenvalue weighted by molar-refractivity contribution is 0.0691. The number of carboxylic acid groups (broad SMARTS) is 1. The molecule has 0 bridgehead atoms. The van der Waals surface area contributed by atoms with Gasteiger partial charge in [0.15, 0.2) is 9.84 Å². The second kappa shape index (κ2) is 5.83. The largest absolute Gasteiger partial charge is 0.478 e. The van der Waals surface area contributed by atoms with Gasteiger partial charge in [-0.15, -0.1) is 0 Å². The molecule has 0 fully saturated rings. The van der Waals surface area contributed by atoms with Crippen LogP contribution in [0.25, 0.3) is 0 Å². The summed E-state index contributed by atoms with van der Waals surface area (Å²) in [5.74, 6) is -2.82. The van der Waals surface area contributed by atoms with Crippen molar-refractivity contribution in [3.8, 4) is 0 Å². The fraction of sp³-hybridized carbons (Fsp3) is 0.0714. The van der Waals surface area contributed by atoms with Crippen LogP contribution in [0.4, 0.5) is 4.39 Å². The Bertz CT molecular complexity index is 785. The fourth-order valence-electron chi connectivity index (χ4n) is 1.75. The summed E-state index contributed by atoms with van der Waals surface area (Å²) in [4.78, 5) is 10.6. The summed E-state index contributed by atoms with van der Waals surface area (Å²) in [5.41, 5.74) is -0.173. The summed E-state index contributed by atoms with van der Waals surface area (Å²) >= 11 is 5.72. The van der Waals surface area contributed by atoms with Gasteiger partial charge in [0.2, 0.25) is 0 Å². The van der Waals surface area contributed by atoms with Crippen LogP contribution in [0, 0.1) is 5.82 Å². The molecule has 0 aliphatic heterocycles. The van der Waals surface area contributed by atoms with Crippen LogP contribution in [0.1, 0.15) is 15.9 Å². The molecule has 0 aliphatic rings. The van der Waals surface area contributed by atoms with E-state index in [-0.39, 0.29) is 10.6 Å². The van der Waals surface area contributed by atoms with E-state index in [1.54, 1.807) is 24.3 Å². The number of halogens is 2. The Kier molecular flexibility index (Phi) is 4.29. The van der Waals surface area contributed by atoms with Crippen LogP contribution >= 0.6 is 11.6 Å². The highest BCUT2D eigenvalue weighted by Gasteiger charge is 2.19. The molecule has 110 valence electrons. The predicted molar refractivity (Wildman–Crippen MR) is 75.7 cm³/mol. The first-order chi connectivity index (χ1) is 9.79. The quantitative estimate of drug-likeness (QED) is 0.875. The molecule has 0 saturated heterocycles. The van der Waals surface area contributed by atoms with E-state index in [9.17, 15) is 17.6 Å². The van der Waals surface area contributed by atoms with Crippen LogP contribution in [-0.4, -0.2) is 19.5 Å². The van der Waals surface area contributed by atoms with Crippen molar-refractivity contribution in [1.82, 2.24) is 0 Å². The minimum atomic E-state index is -3.77. The molecule has 0 aromatic heterocycles. The van der Waals surface area contributed by atoms with Crippen molar-refractivity contribution in [2.75, 3.05) is 0 Å². The maximum atomic E-state index is 13.3. The van der Waals surface area contributed by atoms with E-state index < -0.39 is 27.2 Å². The molecular formula is C14H10ClFO4S. The van der Waals surface area contributed by atoms with Crippen LogP contribution in [0.2, 0.25) is 5.02 Å². The number of rotatable bonds is 4. The predicted octanol–water partition coefficient (Wildman–Crippen LogP) is 3.15. The number of hydrogen-bond donors (Lipinski definition) is 1. The topological polar surface area (TPSA) is 71.4 Å². The van der Waals surface area contributed by atoms with Crippen LogP contribution in [0.5, 0.6) is 0 Å². The van der Waals surface area contributed by atoms with Gasteiger partial charge in [-0.2, -0.15) is 0 Å². The van der Waals surface area contributed by atoms with Crippen molar-refractivity contribution in [2.24, 2.45) is 0 Å². The van der Waals surface area contributed by atoms with Crippen molar-refractivity contribution in [1.29, 1.82) is 0 Å². The number of aromatic carboxylic acids is 1. The van der Waals surface area contributed by atoms with Gasteiger partial charge in [-0.1, -0.05) is 23.7 Å². The summed E-state index contributed by atoms with van der Waals surface area (Å²) in [6, 6.07) is 8.93. The fourth-order valence-corrected chi connectivity index (χ4v) is 3.24. The molecule has 0 spiro atoms. The molecule has 0 unspecified atom stereocenters. The molecule has 0 saturated carbocycles. The average molecular weight is 329 g/mol. The first-order valence-corrected chi connectivity index (χ1v) is 7.83. The molecule has 2 aromatic rings. The Balaban J connectivity index is 2.38. The van der Waals surface area contributed by atoms with Gasteiger partial charge in [-0.25, -0.2) is 17.6 Å². The van der Waals surface area contributed by atoms with Crippen molar-refractivity contribution >= 4 is 27.4 Å². The Morgan fingerprint density at radius 1 is 1.14 bits per heavy atom. The van der Waals surface area contributed by atoms with Crippen molar-refractivity contribution in [3.05, 3.63) is 64.4 Å². The molecule has 4 nitrogen and oxygen atoms in total. The zero-order valence-electron chi connectivity index (χ0n) is 10.6. The van der Waals surface area contributed by atoms with Gasteiger partial charge >= 0.3 is 5.97 Å². The Morgan fingerprint density at radius 3 is 2.33 bits per heavy atom. The minimum absolute atomic E-state index is 0.240. The van der Waals surface area contributed by atoms with Gasteiger partial charge in [-0.05, 0) is 35.9 Å². The number of sulfone groups is 1. The first-order valence-electron chi connectivity index (χ1n) is 5.79. The maximum Gasteiger partial charge on any atom is 0.338 e. The van der Waals surface area contributed by atoms with E-state index in [1.165, 1.54) is 0 Å². The second-order valence-corrected chi connectivity index (χ2v) is 6.76. The van der Waals surface area contributed by atoms with E-state index >= 15 is 0 Å². The van der Waals surface area contributed by atoms with Gasteiger partial charge in [0.1, 0.15) is 5.82 Å². The van der Waals surface area contributed by atoms with Gasteiger partial charge in [0.05, 0.1) is 16.2 Å². The van der Waals surface area contributed by atoms with Crippen LogP contribution in [0.15, 0.2) is 47.4 Å². The molecule has 1 N–H and O–H groups in total. The summed E-state index contributed by atoms with van der Waals surface area (Å²) in [5, 5.41) is 9.30. The summed E-state index contributed by atoms with van der Waals surface area (Å²) in [7, 11) is -3.77. The molecule has 21 heavy (non-hydrogen) atoms. The minimum Gasteiger partial charge on any atom is -0.478 e. The smallest absolute Gasteiger partial charge is 0.338 e. The van der Waals surface area contributed by atoms with Gasteiger partial charge in [0.25, 0.3) is 0 Å². The average Bonchev–Trinajstić information content (AvgIpc) is 2.41. The zero-order chi connectivity index (χ0) is 15.6. The lowest BCUT2D eigenvalue weighted by atomic mass is 10.2. The summed E-state index contributed by atoms with van der Waals surface area (Å²) in [6.45, 7) is 0. The monoisotopic (exact) mass is 328 g/mol. The summed E-state index contributed by atoms with van der Waals surface area (Å²) < 4.78 is 37.7. The maximum absolute atomic E-state index is 13.3. The SMILES string of the molecule is O=C(O)c1cc(S(=O)(=O)Cc2ccc(Cl)cc2)ccc1F. The van der Waals surface area contributed by atoms with Gasteiger partial charge in [0, 0.05) is 5.02 Å². The Hall–Kier alpha value is -1.92. The molecule has 0 heterocycles. The van der Waals surface area contributed by atoms with Crippen LogP contribution in [-0.2, 0) is 15.6 Å². The molecule has 0 amide bonds. The highest BCUT2D eigenvalue weighted by atomic mass is 35.5. The first kappa shape index (κ1) is 15.5. The van der Waals surface area contributed by atoms with Crippen LogP contribution in [0.3, 0.4) is 0 Å². The molecule has 2 rings (SSSR count). The van der Waals surface area contributed by atoms with E-state index in [4.69, 9.17) is 16.7 Å². The number of carbonyl (C=O) groups is 1. The third kappa shape index (κ3) is 3.59. The number of hydrogen-bond acceptors (Lipinski definition) is 3. The Labute approximate surface area is 125 Å². The molecular weight excluding hydrogens is 319 g/mol. The summed E-state index contributed by atoms with van der Waals surface area (Å²) in [6.07, 6.45) is 0. The lowest BCUT2D eigenvalue weighted by Crippen LogP contribution is -2.08. The van der Waals surface area contributed by atoms with E-state index in [0.29, 0.717) is 10.6 Å². The highest BCUT2D eigenvalue weighted by Crippen LogP contribution is 2.20. The standard InChI is InChI=1S/C14H10ClFO4S/c15-10-3-1-9(2-4-10)8-21(19,20)11-5-6-13(16)12(7-11)14(17)18/h1-7H,8H2,(H,17,18). The van der Waals surface area contributed by atoms with Gasteiger partial charge < -0.3 is 5.11 Å². The van der Waals surface area contributed by atoms with Crippen molar-refractivity contribution in [3.63, 3.8) is 0 Å². The third-order valence-corrected chi connectivity index (χ3v) is 4.73. The second-order valence-electron chi connectivity index (χ2n) is 4.33. The molecule has 7 heteroatoms. The van der Waals surface area contributed by atoms with Gasteiger partial charge in [-0.3, -0.25) is 0 Å². The van der Waals surface area contributed by atoms with Crippen molar-refractivity contribution < 1.29 is 22.7 Å². The lowest BCUT2D eigenvalue weighted by Gasteiger charge is -2.06. The van der Waals surface area contributed by atoms with E-state index in [1.807, 2.05) is 0 Å². The normalized spacial score (nSPS) is 11.3. The van der Waals surface area contributed by atoms with Crippen LogP contribution < -0.4 is 0 Å². The van der Waals surface area contributed by atoms with E-state index in [2.05, 4.69) is 0 Å². The van der Waals surface area contributed by atoms with Crippen molar-refractivity contribution in [2.45, 2.75) is 10.6 Å². The molecule has 0 radical (unpaired) electrons. The zero-order valence-corrected chi connectivity index (χ0v) is 12.2. The Morgan fingerprint density at radius 2 is 1.76 bits per heavy atom. The molecule has 0 atom stereocenters. The van der Waals surface area contributed by atoms with E-state index in [0.717, 1.165) is 18.2 Å². The molecule has 0 aliphatic carbocycles. The number of benzene rings is 2. The number of carboxylic acids is 1. The molecule has 2 aromatic carbocycles.